The highest BCUT2D eigenvalue weighted by atomic mass is 32.2. The number of nitriles is 1. The summed E-state index contributed by atoms with van der Waals surface area (Å²) < 4.78 is 43.2. The van der Waals surface area contributed by atoms with E-state index in [2.05, 4.69) is 24.5 Å². The van der Waals surface area contributed by atoms with Crippen LogP contribution in [-0.4, -0.2) is 35.5 Å². The Morgan fingerprint density at radius 2 is 2.00 bits per heavy atom. The molecule has 34 heavy (non-hydrogen) atoms. The van der Waals surface area contributed by atoms with Crippen LogP contribution < -0.4 is 5.32 Å². The largest absolute Gasteiger partial charge is 0.337 e. The molecule has 3 rings (SSSR count). The average Bonchev–Trinajstić information content (AvgIpc) is 3.58. The summed E-state index contributed by atoms with van der Waals surface area (Å²) in [7, 11) is -3.72. The Hall–Kier alpha value is -2.50. The molecule has 2 fully saturated rings. The normalized spacial score (nSPS) is 23.5. The van der Waals surface area contributed by atoms with E-state index in [0.717, 1.165) is 0 Å². The van der Waals surface area contributed by atoms with Gasteiger partial charge in [0.2, 0.25) is 15.9 Å². The van der Waals surface area contributed by atoms with Crippen LogP contribution in [0.5, 0.6) is 0 Å². The Labute approximate surface area is 202 Å². The molecule has 0 spiro atoms. The van der Waals surface area contributed by atoms with Gasteiger partial charge < -0.3 is 5.32 Å². The molecule has 184 valence electrons. The molecule has 1 aromatic rings. The van der Waals surface area contributed by atoms with E-state index in [1.165, 1.54) is 16.4 Å². The number of benzene rings is 1. The molecule has 1 aromatic carbocycles. The Kier molecular flexibility index (Phi) is 7.40. The minimum atomic E-state index is -3.72. The van der Waals surface area contributed by atoms with Crippen molar-refractivity contribution in [1.82, 2.24) is 9.62 Å². The number of rotatable bonds is 9. The summed E-state index contributed by atoms with van der Waals surface area (Å²) in [6.07, 6.45) is 4.69. The van der Waals surface area contributed by atoms with Crippen molar-refractivity contribution in [2.45, 2.75) is 88.1 Å². The fourth-order valence-corrected chi connectivity index (χ4v) is 7.00. The van der Waals surface area contributed by atoms with E-state index < -0.39 is 32.0 Å². The molecule has 2 atom stereocenters. The summed E-state index contributed by atoms with van der Waals surface area (Å²) in [5.41, 5.74) is -0.558. The molecule has 0 bridgehead atoms. The van der Waals surface area contributed by atoms with E-state index in [1.54, 1.807) is 12.1 Å². The van der Waals surface area contributed by atoms with Crippen LogP contribution in [0.15, 0.2) is 43.0 Å². The highest BCUT2D eigenvalue weighted by Crippen LogP contribution is 2.39. The minimum absolute atomic E-state index is 0.0917. The molecular formula is C26H34FN3O3S. The second kappa shape index (κ2) is 9.63. The molecule has 0 aromatic heterocycles. The number of hydrogen-bond donors (Lipinski definition) is 1. The van der Waals surface area contributed by atoms with Crippen LogP contribution in [0, 0.1) is 17.1 Å². The fraction of sp³-hybridized carbons (Fsp3) is 0.538. The number of hydrogen-bond acceptors (Lipinski definition) is 4. The quantitative estimate of drug-likeness (QED) is 0.520. The van der Waals surface area contributed by atoms with Gasteiger partial charge in [-0.3, -0.25) is 4.79 Å². The smallest absolute Gasteiger partial charge is 0.231 e. The summed E-state index contributed by atoms with van der Waals surface area (Å²) in [4.78, 5) is 13.2. The SMILES string of the molecule is C=CC(=C)[C@@H]1CCC(C)N(Cc2ccc(C(CC)(CC)C(=O)NC3(C#N)CC3)cc2F)S1(=O)=O. The Bertz CT molecular complexity index is 1130. The molecule has 1 heterocycles. The van der Waals surface area contributed by atoms with Crippen molar-refractivity contribution in [1.29, 1.82) is 5.26 Å². The van der Waals surface area contributed by atoms with Gasteiger partial charge in [0.05, 0.1) is 16.7 Å². The maximum absolute atomic E-state index is 15.3. The number of carbonyl (C=O) groups is 1. The number of nitrogens with one attached hydrogen (secondary N) is 1. The first-order chi connectivity index (χ1) is 16.0. The maximum Gasteiger partial charge on any atom is 0.231 e. The number of halogens is 1. The molecule has 1 saturated heterocycles. The average molecular weight is 488 g/mol. The zero-order valence-corrected chi connectivity index (χ0v) is 21.0. The van der Waals surface area contributed by atoms with Crippen molar-refractivity contribution >= 4 is 15.9 Å². The lowest BCUT2D eigenvalue weighted by molar-refractivity contribution is -0.127. The van der Waals surface area contributed by atoms with E-state index in [9.17, 15) is 18.5 Å². The van der Waals surface area contributed by atoms with Crippen molar-refractivity contribution < 1.29 is 17.6 Å². The van der Waals surface area contributed by atoms with E-state index in [-0.39, 0.29) is 24.1 Å². The Morgan fingerprint density at radius 1 is 1.35 bits per heavy atom. The van der Waals surface area contributed by atoms with Crippen molar-refractivity contribution in [3.8, 4) is 6.07 Å². The zero-order chi connectivity index (χ0) is 25.3. The summed E-state index contributed by atoms with van der Waals surface area (Å²) in [5.74, 6) is -0.827. The lowest BCUT2D eigenvalue weighted by atomic mass is 9.74. The highest BCUT2D eigenvalue weighted by molar-refractivity contribution is 7.90. The summed E-state index contributed by atoms with van der Waals surface area (Å²) in [5, 5.41) is 11.5. The van der Waals surface area contributed by atoms with Crippen molar-refractivity contribution in [3.05, 3.63) is 60.0 Å². The van der Waals surface area contributed by atoms with E-state index >= 15 is 4.39 Å². The van der Waals surface area contributed by atoms with Gasteiger partial charge in [-0.25, -0.2) is 12.8 Å². The van der Waals surface area contributed by atoms with E-state index in [4.69, 9.17) is 0 Å². The monoisotopic (exact) mass is 487 g/mol. The minimum Gasteiger partial charge on any atom is -0.337 e. The molecule has 8 heteroatoms. The Balaban J connectivity index is 1.90. The predicted molar refractivity (Wildman–Crippen MR) is 131 cm³/mol. The van der Waals surface area contributed by atoms with Crippen LogP contribution in [0.25, 0.3) is 0 Å². The number of sulfonamides is 1. The second-order valence-corrected chi connectivity index (χ2v) is 11.6. The lowest BCUT2D eigenvalue weighted by Crippen LogP contribution is -2.49. The van der Waals surface area contributed by atoms with Crippen LogP contribution in [0.4, 0.5) is 4.39 Å². The van der Waals surface area contributed by atoms with Gasteiger partial charge in [-0.05, 0) is 62.7 Å². The van der Waals surface area contributed by atoms with Gasteiger partial charge in [-0.15, -0.1) is 0 Å². The molecule has 1 amide bonds. The van der Waals surface area contributed by atoms with Crippen molar-refractivity contribution in [2.75, 3.05) is 0 Å². The summed E-state index contributed by atoms with van der Waals surface area (Å²) in [6, 6.07) is 6.52. The Morgan fingerprint density at radius 3 is 2.50 bits per heavy atom. The number of amides is 1. The van der Waals surface area contributed by atoms with Crippen LogP contribution in [0.2, 0.25) is 0 Å². The zero-order valence-electron chi connectivity index (χ0n) is 20.2. The molecule has 1 N–H and O–H groups in total. The topological polar surface area (TPSA) is 90.3 Å². The van der Waals surface area contributed by atoms with E-state index in [1.807, 2.05) is 20.8 Å². The number of nitrogens with zero attached hydrogens (tertiary/aromatic N) is 2. The van der Waals surface area contributed by atoms with Crippen LogP contribution in [0.3, 0.4) is 0 Å². The highest BCUT2D eigenvalue weighted by Gasteiger charge is 2.49. The number of carbonyl (C=O) groups excluding carboxylic acids is 1. The van der Waals surface area contributed by atoms with Gasteiger partial charge in [0, 0.05) is 18.2 Å². The fourth-order valence-electron chi connectivity index (χ4n) is 4.83. The van der Waals surface area contributed by atoms with Gasteiger partial charge in [-0.2, -0.15) is 9.57 Å². The second-order valence-electron chi connectivity index (χ2n) is 9.53. The molecular weight excluding hydrogens is 453 g/mol. The molecule has 2 aliphatic rings. The molecule has 1 aliphatic heterocycles. The van der Waals surface area contributed by atoms with E-state index in [0.29, 0.717) is 49.7 Å². The van der Waals surface area contributed by atoms with Crippen LogP contribution in [-0.2, 0) is 26.8 Å². The third-order valence-corrected chi connectivity index (χ3v) is 9.99. The van der Waals surface area contributed by atoms with Gasteiger partial charge >= 0.3 is 0 Å². The molecule has 0 radical (unpaired) electrons. The third-order valence-electron chi connectivity index (χ3n) is 7.59. The van der Waals surface area contributed by atoms with Gasteiger partial charge in [0.1, 0.15) is 11.4 Å². The first kappa shape index (κ1) is 26.1. The van der Waals surface area contributed by atoms with Crippen molar-refractivity contribution in [2.24, 2.45) is 0 Å². The summed E-state index contributed by atoms with van der Waals surface area (Å²) in [6.45, 7) is 12.9. The molecule has 6 nitrogen and oxygen atoms in total. The first-order valence-electron chi connectivity index (χ1n) is 11.8. The van der Waals surface area contributed by atoms with Crippen LogP contribution in [0.1, 0.15) is 70.4 Å². The maximum atomic E-state index is 15.3. The predicted octanol–water partition coefficient (Wildman–Crippen LogP) is 4.48. The van der Waals surface area contributed by atoms with Gasteiger partial charge in [0.25, 0.3) is 0 Å². The summed E-state index contributed by atoms with van der Waals surface area (Å²) >= 11 is 0. The molecule has 1 unspecified atom stereocenters. The third kappa shape index (κ3) is 4.56. The molecule has 1 aliphatic carbocycles. The lowest BCUT2D eigenvalue weighted by Gasteiger charge is -2.38. The van der Waals surface area contributed by atoms with Crippen LogP contribution >= 0.6 is 0 Å². The van der Waals surface area contributed by atoms with Gasteiger partial charge in [0.15, 0.2) is 0 Å². The van der Waals surface area contributed by atoms with Gasteiger partial charge in [-0.1, -0.05) is 45.2 Å². The standard InChI is InChI=1S/C26H34FN3O3S/c1-6-18(4)23-12-9-19(5)30(34(23,32)33)16-20-10-11-21(15-22(20)27)26(7-2,8-3)24(31)29-25(17-28)13-14-25/h6,10-11,15,19,23H,1,4,7-9,12-14,16H2,2-3,5H3,(H,29,31)/t19?,23-/m0/s1. The molecule has 1 saturated carbocycles. The first-order valence-corrected chi connectivity index (χ1v) is 13.3. The number of allylic oxidation sites excluding steroid dienone is 1. The van der Waals surface area contributed by atoms with Crippen molar-refractivity contribution in [3.63, 3.8) is 0 Å².